The second-order valence-corrected chi connectivity index (χ2v) is 37.1. The van der Waals surface area contributed by atoms with E-state index in [-0.39, 0.29) is 17.6 Å². The number of H-pyrrole nitrogens is 2. The molecule has 25 heteroatoms. The first-order chi connectivity index (χ1) is 49.9. The minimum absolute atomic E-state index is 0.112. The van der Waals surface area contributed by atoms with E-state index < -0.39 is 35.9 Å². The molecule has 12 aliphatic heterocycles. The van der Waals surface area contributed by atoms with Gasteiger partial charge in [0.25, 0.3) is 10.1 Å². The van der Waals surface area contributed by atoms with Gasteiger partial charge in [-0.1, -0.05) is 53.4 Å². The number of aromatic hydroxyl groups is 2. The van der Waals surface area contributed by atoms with Gasteiger partial charge >= 0.3 is 20.6 Å². The molecule has 0 spiro atoms. The zero-order valence-corrected chi connectivity index (χ0v) is 63.8. The van der Waals surface area contributed by atoms with Crippen molar-refractivity contribution in [3.63, 3.8) is 0 Å². The van der Waals surface area contributed by atoms with Gasteiger partial charge in [-0.05, 0) is 219 Å². The average molecular weight is 1500 g/mol. The van der Waals surface area contributed by atoms with Crippen molar-refractivity contribution in [2.75, 3.05) is 71.8 Å². The summed E-state index contributed by atoms with van der Waals surface area (Å²) < 4.78 is 109. The zero-order valence-electron chi connectivity index (χ0n) is 60.6. The van der Waals surface area contributed by atoms with Crippen LogP contribution in [0.1, 0.15) is 173 Å². The first kappa shape index (κ1) is 72.3. The molecule has 4 aliphatic carbocycles. The van der Waals surface area contributed by atoms with Crippen LogP contribution in [0.2, 0.25) is 0 Å². The van der Waals surface area contributed by atoms with E-state index in [1.165, 1.54) is 127 Å². The Labute approximate surface area is 616 Å². The molecular weight excluding hydrogens is 1400 g/mol. The minimum atomic E-state index is -4.42. The Morgan fingerprint density at radius 3 is 1.13 bits per heavy atom. The van der Waals surface area contributed by atoms with Crippen LogP contribution in [-0.2, 0) is 56.4 Å². The van der Waals surface area contributed by atoms with Crippen LogP contribution in [0.15, 0.2) is 72.8 Å². The van der Waals surface area contributed by atoms with Crippen LogP contribution in [0, 0.1) is 47.3 Å². The monoisotopic (exact) mass is 1500 g/mol. The van der Waals surface area contributed by atoms with Crippen molar-refractivity contribution in [3.8, 4) is 23.0 Å². The highest BCUT2D eigenvalue weighted by Gasteiger charge is 2.54. The first-order valence-corrected chi connectivity index (χ1v) is 43.3. The number of halogens is 1. The molecule has 0 radical (unpaired) electrons. The van der Waals surface area contributed by atoms with Crippen molar-refractivity contribution >= 4 is 85.9 Å². The van der Waals surface area contributed by atoms with E-state index in [0.717, 1.165) is 150 Å². The number of phenols is 2. The number of ether oxygens (including phenoxy) is 2. The van der Waals surface area contributed by atoms with Crippen molar-refractivity contribution in [2.45, 2.75) is 178 Å². The van der Waals surface area contributed by atoms with E-state index >= 15 is 0 Å². The van der Waals surface area contributed by atoms with Crippen LogP contribution in [0.4, 0.5) is 0 Å². The molecule has 4 aromatic carbocycles. The molecule has 8 saturated heterocycles. The Hall–Kier alpha value is -5.90. The molecule has 8 unspecified atom stereocenters. The molecule has 4 aromatic heterocycles. The molecule has 104 heavy (non-hydrogen) atoms. The largest absolute Gasteiger partial charge is 0.508 e. The van der Waals surface area contributed by atoms with Gasteiger partial charge in [-0.2, -0.15) is 25.3 Å². The molecule has 16 aliphatic rings. The number of nitrogens with zero attached hydrogens (tertiary/aromatic N) is 6. The Bertz CT molecular complexity index is 4960. The van der Waals surface area contributed by atoms with E-state index in [9.17, 15) is 44.6 Å². The summed E-state index contributed by atoms with van der Waals surface area (Å²) in [7, 11) is -9.32. The molecule has 16 heterocycles. The SMILES string of the molecule is CC[C@H]1C[C@H]2C[C@H]3c4[nH]c5ccc(O)cc5c4CCN(C2)C13.CC[C@H]1C[C@H]2C[C@H]3c4[nH]c5ccc(OC)cc5c4CCN(C2)C13.CC[C@H]1C[C@H]2C[C@H]3c4c(c5cc(O)ccc5n4S(=O)(=O)O)CCN(C2)C13.CC[C@H]1C[C@H]2C[C@H]3c4c(c5cc(OC)ccc5n4S(=O)(=O)O)CCN(C2)C13.O=S(=O)(O)CCl. The van der Waals surface area contributed by atoms with E-state index in [1.54, 1.807) is 55.8 Å². The third kappa shape index (κ3) is 12.7. The maximum absolute atomic E-state index is 12.4. The molecular formula is C79H103ClN8O13S3. The third-order valence-corrected chi connectivity index (χ3v) is 30.1. The van der Waals surface area contributed by atoms with Crippen molar-refractivity contribution in [1.29, 1.82) is 0 Å². The lowest BCUT2D eigenvalue weighted by molar-refractivity contribution is -0.0137. The summed E-state index contributed by atoms with van der Waals surface area (Å²) in [5.74, 6) is 9.72. The molecule has 562 valence electrons. The zero-order chi connectivity index (χ0) is 72.7. The number of alkyl halides is 1. The van der Waals surface area contributed by atoms with E-state index in [1.807, 2.05) is 18.2 Å². The second kappa shape index (κ2) is 28.0. The fraction of sp³-hybridized carbons (Fsp3) is 0.595. The molecule has 8 aromatic rings. The lowest BCUT2D eigenvalue weighted by Crippen LogP contribution is -2.56. The number of hydrogen-bond donors (Lipinski definition) is 7. The summed E-state index contributed by atoms with van der Waals surface area (Å²) in [4.78, 5) is 18.3. The van der Waals surface area contributed by atoms with Gasteiger partial charge in [-0.25, -0.2) is 7.94 Å². The number of nitrogens with one attached hydrogen (secondary N) is 2. The fourth-order valence-corrected chi connectivity index (χ4v) is 25.5. The molecule has 12 fully saturated rings. The Morgan fingerprint density at radius 2 is 0.750 bits per heavy atom. The summed E-state index contributed by atoms with van der Waals surface area (Å²) in [5.41, 5.74) is 13.2. The van der Waals surface area contributed by atoms with Crippen LogP contribution in [0.25, 0.3) is 43.6 Å². The van der Waals surface area contributed by atoms with Crippen molar-refractivity contribution in [2.24, 2.45) is 47.3 Å². The van der Waals surface area contributed by atoms with Crippen LogP contribution >= 0.6 is 11.6 Å². The third-order valence-electron chi connectivity index (χ3n) is 27.3. The number of hydrogen-bond acceptors (Lipinski definition) is 14. The van der Waals surface area contributed by atoms with Crippen molar-refractivity contribution in [3.05, 3.63) is 118 Å². The lowest BCUT2D eigenvalue weighted by Gasteiger charge is -2.53. The number of aromatic nitrogens is 4. The van der Waals surface area contributed by atoms with Crippen LogP contribution in [-0.4, -0.2) is 183 Å². The summed E-state index contributed by atoms with van der Waals surface area (Å²) in [6.45, 7) is 18.3. The van der Waals surface area contributed by atoms with Gasteiger partial charge in [0.15, 0.2) is 0 Å². The molecule has 4 saturated carbocycles. The normalized spacial score (nSPS) is 32.8. The maximum Gasteiger partial charge on any atom is 0.364 e. The Morgan fingerprint density at radius 1 is 0.433 bits per heavy atom. The number of aromatic amines is 2. The molecule has 20 atom stereocenters. The van der Waals surface area contributed by atoms with Gasteiger partial charge in [0, 0.05) is 156 Å². The highest BCUT2D eigenvalue weighted by Crippen LogP contribution is 2.57. The number of methoxy groups -OCH3 is 2. The molecule has 7 N–H and O–H groups in total. The lowest BCUT2D eigenvalue weighted by atomic mass is 9.65. The van der Waals surface area contributed by atoms with Crippen LogP contribution in [0.5, 0.6) is 23.0 Å². The highest BCUT2D eigenvalue weighted by atomic mass is 35.5. The van der Waals surface area contributed by atoms with Crippen LogP contribution in [0.3, 0.4) is 0 Å². The highest BCUT2D eigenvalue weighted by molar-refractivity contribution is 7.87. The van der Waals surface area contributed by atoms with Crippen molar-refractivity contribution < 1.29 is 58.6 Å². The molecule has 16 bridgehead atoms. The standard InChI is InChI=1S/C20H26N2O4S.C20H26N2O.C19H24N2O4S.C19H24N2O.CH3ClO3S/c1-3-13-8-12-9-17-19(13)21(11-12)7-6-15-16-10-14(26-2)4-5-18(16)22(20(15)17)27(23,24)25;1-3-13-8-12-9-17-19-15(6-7-22(11-12)20(13)17)16-10-14(23-2)4-5-18(16)21-19;1-2-12-7-11-8-16-18(12)20(10-11)6-5-14-15-9-13(22)3-4-17(15)21(19(14)16)26(23,24)25;1-2-12-7-11-8-16-18-14(5-6-21(10-11)19(12)16)15-9-13(22)3-4-17(15)20-18;2-1-6(3,4)5/h4-5,10,12-13,17,19H,3,6-9,11H2,1-2H3,(H,23,24,25);4-5,10,12-13,17,20-21H,3,6-9,11H2,1-2H3;3-4,9,11-12,16,18,22H,2,5-8,10H2,1H3,(H,23,24,25);3-4,9,11-12,16,19-20,22H,2,5-8,10H2,1H3;1H2,(H,3,4,5)/t12-,13-,17+,19?;12-,13-,17-,20?;11-,12-,16+,18?;11-,12-,16-,19?;/m0000./s1. The Balaban J connectivity index is 0.000000104. The number of phenolic OH excluding ortho intramolecular Hbond substituents is 2. The summed E-state index contributed by atoms with van der Waals surface area (Å²) in [6.07, 6.45) is 18.8. The summed E-state index contributed by atoms with van der Waals surface area (Å²) in [6, 6.07) is 24.6. The topological polar surface area (TPSA) is 276 Å². The molecule has 0 amide bonds. The van der Waals surface area contributed by atoms with Crippen LogP contribution < -0.4 is 9.47 Å². The minimum Gasteiger partial charge on any atom is -0.508 e. The quantitative estimate of drug-likeness (QED) is 0.0522. The summed E-state index contributed by atoms with van der Waals surface area (Å²) in [5, 5.41) is 23.4. The fourth-order valence-electron chi connectivity index (χ4n) is 23.7. The maximum atomic E-state index is 12.4. The average Bonchev–Trinajstić information content (AvgIpc) is 1.57. The molecule has 24 rings (SSSR count). The Kier molecular flexibility index (Phi) is 19.4. The van der Waals surface area contributed by atoms with Gasteiger partial charge in [-0.15, -0.1) is 11.6 Å². The van der Waals surface area contributed by atoms with Gasteiger partial charge < -0.3 is 29.7 Å². The number of piperidine rings is 8. The first-order valence-electron chi connectivity index (χ1n) is 38.4. The number of rotatable bonds is 9. The van der Waals surface area contributed by atoms with Gasteiger partial charge in [-0.3, -0.25) is 33.3 Å². The molecule has 21 nitrogen and oxygen atoms in total. The van der Waals surface area contributed by atoms with Gasteiger partial charge in [0.2, 0.25) is 0 Å². The predicted octanol–water partition coefficient (Wildman–Crippen LogP) is 13.5. The smallest absolute Gasteiger partial charge is 0.364 e. The summed E-state index contributed by atoms with van der Waals surface area (Å²) >= 11 is 4.64. The number of fused-ring (bicyclic) bond motifs is 16. The van der Waals surface area contributed by atoms with E-state index in [0.29, 0.717) is 70.1 Å². The second-order valence-electron chi connectivity index (χ2n) is 32.6. The van der Waals surface area contributed by atoms with Gasteiger partial charge in [0.05, 0.1) is 25.3 Å². The van der Waals surface area contributed by atoms with Gasteiger partial charge in [0.1, 0.15) is 28.2 Å². The van der Waals surface area contributed by atoms with E-state index in [4.69, 9.17) is 14.0 Å². The van der Waals surface area contributed by atoms with E-state index in [2.05, 4.69) is 87.1 Å². The van der Waals surface area contributed by atoms with Crippen molar-refractivity contribution in [1.82, 2.24) is 37.5 Å². The predicted molar refractivity (Wildman–Crippen MR) is 406 cm³/mol. The number of benzene rings is 4.